The smallest absolute Gasteiger partial charge is 0.352 e. The number of likely N-dealkylation sites (N-methyl/N-ethyl adjacent to an activating group) is 1. The zero-order valence-electron chi connectivity index (χ0n) is 22.5. The molecule has 0 radical (unpaired) electrons. The molecule has 6 atom stereocenters. The van der Waals surface area contributed by atoms with Gasteiger partial charge in [-0.2, -0.15) is 0 Å². The van der Waals surface area contributed by atoms with E-state index in [9.17, 15) is 24.6 Å². The number of likely N-dealkylation sites (tertiary alicyclic amines) is 1. The van der Waals surface area contributed by atoms with Gasteiger partial charge in [0.25, 0.3) is 0 Å². The van der Waals surface area contributed by atoms with Gasteiger partial charge in [-0.25, -0.2) is 4.79 Å². The van der Waals surface area contributed by atoms with Gasteiger partial charge in [-0.1, -0.05) is 19.6 Å². The van der Waals surface area contributed by atoms with Crippen LogP contribution in [0, 0.1) is 6.92 Å². The minimum atomic E-state index is -1.31. The van der Waals surface area contributed by atoms with Crippen molar-refractivity contribution in [2.45, 2.75) is 95.8 Å². The number of aliphatic carboxylic acids is 1. The lowest BCUT2D eigenvalue weighted by Crippen LogP contribution is -2.71. The second kappa shape index (κ2) is 12.4. The normalized spacial score (nSPS) is 28.1. The van der Waals surface area contributed by atoms with Crippen LogP contribution in [-0.2, 0) is 35.9 Å². The number of aliphatic hydroxyl groups is 2. The molecule has 0 saturated carbocycles. The summed E-state index contributed by atoms with van der Waals surface area (Å²) in [4.78, 5) is 38.1. The molecular formula is C28H41ClN2O9. The van der Waals surface area contributed by atoms with E-state index in [4.69, 9.17) is 25.1 Å². The fraction of sp³-hybridized carbons (Fsp3) is 0.607. The molecule has 1 aromatic rings. The first-order valence-corrected chi connectivity index (χ1v) is 12.8. The van der Waals surface area contributed by atoms with Crippen molar-refractivity contribution < 1.29 is 43.9 Å². The number of carbonyl (C=O) groups excluding carboxylic acids is 2. The van der Waals surface area contributed by atoms with Gasteiger partial charge in [-0.3, -0.25) is 9.59 Å². The average molecular weight is 585 g/mol. The summed E-state index contributed by atoms with van der Waals surface area (Å²) in [6, 6.07) is 2.24. The number of hydrogen-bond donors (Lipinski definition) is 4. The van der Waals surface area contributed by atoms with Crippen LogP contribution in [0.1, 0.15) is 63.6 Å². The standard InChI is InChI=1S/C27H36N2O9.CH4.ClH/c1-14-5-6-17(13-30)22-21(14)26-11-12-29(4)16(3)27(26,35)10-9-19(23(26)38-22)37-24(33)15(2)36-25(34)18(28)7-8-20(31)32;;/h5-6,9,15-16,18,23,30,35H,7-8,10-13,28H2,1-4H3,(H,31,32);1H4;1H/t15-,16+,18-,23-,26-,27+;;/m0../s1. The van der Waals surface area contributed by atoms with Gasteiger partial charge in [0.05, 0.1) is 17.6 Å². The lowest BCUT2D eigenvalue weighted by molar-refractivity contribution is -0.172. The molecular weight excluding hydrogens is 544 g/mol. The van der Waals surface area contributed by atoms with Crippen molar-refractivity contribution in [1.82, 2.24) is 4.90 Å². The lowest BCUT2D eigenvalue weighted by atomic mass is 9.54. The first-order valence-electron chi connectivity index (χ1n) is 12.8. The van der Waals surface area contributed by atoms with Crippen molar-refractivity contribution in [1.29, 1.82) is 0 Å². The number of carbonyl (C=O) groups is 3. The number of nitrogens with two attached hydrogens (primary N) is 1. The zero-order chi connectivity index (χ0) is 28.0. The van der Waals surface area contributed by atoms with E-state index in [1.165, 1.54) is 6.92 Å². The Labute approximate surface area is 240 Å². The van der Waals surface area contributed by atoms with Gasteiger partial charge in [0.2, 0.25) is 0 Å². The fourth-order valence-electron chi connectivity index (χ4n) is 6.10. The molecule has 12 heteroatoms. The van der Waals surface area contributed by atoms with Crippen LogP contribution in [0.25, 0.3) is 0 Å². The number of benzene rings is 1. The molecule has 5 N–H and O–H groups in total. The van der Waals surface area contributed by atoms with Gasteiger partial charge in [0, 0.05) is 30.0 Å². The number of piperidine rings is 1. The Kier molecular flexibility index (Phi) is 10.4. The molecule has 1 aliphatic carbocycles. The predicted octanol–water partition coefficient (Wildman–Crippen LogP) is 1.95. The van der Waals surface area contributed by atoms with Gasteiger partial charge < -0.3 is 40.2 Å². The maximum Gasteiger partial charge on any atom is 0.352 e. The molecule has 40 heavy (non-hydrogen) atoms. The average Bonchev–Trinajstić information content (AvgIpc) is 3.24. The third-order valence-corrected chi connectivity index (χ3v) is 8.42. The molecule has 1 aromatic carbocycles. The van der Waals surface area contributed by atoms with E-state index in [-0.39, 0.29) is 57.5 Å². The first-order chi connectivity index (χ1) is 17.9. The summed E-state index contributed by atoms with van der Waals surface area (Å²) < 4.78 is 17.3. The summed E-state index contributed by atoms with van der Waals surface area (Å²) in [6.45, 7) is 5.64. The van der Waals surface area contributed by atoms with Gasteiger partial charge in [-0.05, 0) is 58.8 Å². The summed E-state index contributed by atoms with van der Waals surface area (Å²) >= 11 is 0. The van der Waals surface area contributed by atoms with E-state index in [1.54, 1.807) is 12.1 Å². The van der Waals surface area contributed by atoms with E-state index in [0.29, 0.717) is 24.3 Å². The highest BCUT2D eigenvalue weighted by atomic mass is 35.5. The second-order valence-corrected chi connectivity index (χ2v) is 10.6. The number of carboxylic acid groups (broad SMARTS) is 1. The minimum absolute atomic E-state index is 0. The van der Waals surface area contributed by atoms with Crippen molar-refractivity contribution in [2.75, 3.05) is 13.6 Å². The number of esters is 2. The molecule has 2 aliphatic heterocycles. The second-order valence-electron chi connectivity index (χ2n) is 10.6. The van der Waals surface area contributed by atoms with Crippen LogP contribution in [0.4, 0.5) is 0 Å². The Hall–Kier alpha value is -2.70. The Morgan fingerprint density at radius 1 is 1.27 bits per heavy atom. The van der Waals surface area contributed by atoms with Crippen molar-refractivity contribution in [2.24, 2.45) is 5.73 Å². The van der Waals surface area contributed by atoms with Crippen molar-refractivity contribution in [3.05, 3.63) is 40.7 Å². The highest BCUT2D eigenvalue weighted by Crippen LogP contribution is 2.61. The van der Waals surface area contributed by atoms with Crippen molar-refractivity contribution in [3.8, 4) is 5.75 Å². The highest BCUT2D eigenvalue weighted by Gasteiger charge is 2.69. The van der Waals surface area contributed by atoms with Gasteiger partial charge >= 0.3 is 17.9 Å². The number of aryl methyl sites for hydroxylation is 1. The van der Waals surface area contributed by atoms with Crippen LogP contribution < -0.4 is 10.5 Å². The van der Waals surface area contributed by atoms with Gasteiger partial charge in [0.1, 0.15) is 17.6 Å². The number of halogens is 1. The Morgan fingerprint density at radius 3 is 2.58 bits per heavy atom. The molecule has 1 saturated heterocycles. The number of ether oxygens (including phenoxy) is 3. The Balaban J connectivity index is 0.00000280. The Bertz CT molecular complexity index is 1170. The molecule has 224 valence electrons. The van der Waals surface area contributed by atoms with E-state index >= 15 is 0 Å². The molecule has 4 rings (SSSR count). The van der Waals surface area contributed by atoms with Gasteiger partial charge in [-0.15, -0.1) is 12.4 Å². The van der Waals surface area contributed by atoms with Crippen LogP contribution in [-0.4, -0.2) is 81.6 Å². The summed E-state index contributed by atoms with van der Waals surface area (Å²) in [5.41, 5.74) is 5.79. The molecule has 0 unspecified atom stereocenters. The lowest BCUT2D eigenvalue weighted by Gasteiger charge is -2.58. The van der Waals surface area contributed by atoms with E-state index in [2.05, 4.69) is 4.90 Å². The number of aliphatic hydroxyl groups excluding tert-OH is 1. The number of nitrogens with zero attached hydrogens (tertiary/aromatic N) is 1. The van der Waals surface area contributed by atoms with Crippen LogP contribution in [0.15, 0.2) is 24.0 Å². The van der Waals surface area contributed by atoms with E-state index in [0.717, 1.165) is 11.1 Å². The molecule has 1 spiro atoms. The molecule has 1 fully saturated rings. The summed E-state index contributed by atoms with van der Waals surface area (Å²) in [5, 5.41) is 31.1. The third-order valence-electron chi connectivity index (χ3n) is 8.42. The molecule has 3 aliphatic rings. The van der Waals surface area contributed by atoms with Crippen LogP contribution >= 0.6 is 12.4 Å². The van der Waals surface area contributed by atoms with Crippen molar-refractivity contribution >= 4 is 30.3 Å². The highest BCUT2D eigenvalue weighted by molar-refractivity contribution is 5.85. The summed E-state index contributed by atoms with van der Waals surface area (Å²) in [6.07, 6.45) is -0.240. The first kappa shape index (κ1) is 33.5. The third kappa shape index (κ3) is 5.33. The molecule has 0 bridgehead atoms. The molecule has 11 nitrogen and oxygen atoms in total. The largest absolute Gasteiger partial charge is 0.481 e. The topological polar surface area (TPSA) is 169 Å². The minimum Gasteiger partial charge on any atom is -0.481 e. The van der Waals surface area contributed by atoms with Crippen molar-refractivity contribution in [3.63, 3.8) is 0 Å². The molecule has 0 aromatic heterocycles. The number of rotatable bonds is 8. The monoisotopic (exact) mass is 584 g/mol. The van der Waals surface area contributed by atoms with Gasteiger partial charge in [0.15, 0.2) is 12.2 Å². The predicted molar refractivity (Wildman–Crippen MR) is 148 cm³/mol. The number of hydrogen-bond acceptors (Lipinski definition) is 10. The number of fused-ring (bicyclic) bond motifs is 1. The number of carboxylic acids is 1. The van der Waals surface area contributed by atoms with E-state index in [1.807, 2.05) is 27.0 Å². The summed E-state index contributed by atoms with van der Waals surface area (Å²) in [5.74, 6) is -2.17. The van der Waals surface area contributed by atoms with Crippen LogP contribution in [0.5, 0.6) is 5.75 Å². The fourth-order valence-corrected chi connectivity index (χ4v) is 6.10. The maximum atomic E-state index is 13.0. The van der Waals surface area contributed by atoms with Crippen LogP contribution in [0.3, 0.4) is 0 Å². The van der Waals surface area contributed by atoms with Crippen LogP contribution in [0.2, 0.25) is 0 Å². The maximum absolute atomic E-state index is 13.0. The molecule has 2 heterocycles. The Morgan fingerprint density at radius 2 is 1.95 bits per heavy atom. The van der Waals surface area contributed by atoms with E-state index < -0.39 is 47.2 Å². The quantitative estimate of drug-likeness (QED) is 0.329. The molecule has 0 amide bonds. The SMILES string of the molecule is C.Cc1ccc(CO)c2c1[C@]13CCN(C)[C@H](C)[C@]1(O)CC=C(OC(=O)[C@H](C)OC(=O)[C@@H](N)CCC(=O)O)[C@@H]3O2.Cl. The zero-order valence-corrected chi connectivity index (χ0v) is 23.3. The summed E-state index contributed by atoms with van der Waals surface area (Å²) in [7, 11) is 1.95.